The second-order valence-electron chi connectivity index (χ2n) is 5.20. The van der Waals surface area contributed by atoms with E-state index in [0.717, 1.165) is 23.4 Å². The molecule has 2 N–H and O–H groups in total. The molecule has 1 heterocycles. The zero-order chi connectivity index (χ0) is 15.2. The lowest BCUT2D eigenvalue weighted by molar-refractivity contribution is 0.285. The summed E-state index contributed by atoms with van der Waals surface area (Å²) >= 11 is 0. The van der Waals surface area contributed by atoms with Crippen molar-refractivity contribution in [3.05, 3.63) is 59.2 Å². The molecule has 0 aliphatic carbocycles. The van der Waals surface area contributed by atoms with Gasteiger partial charge < -0.3 is 10.5 Å². The van der Waals surface area contributed by atoms with Gasteiger partial charge >= 0.3 is 0 Å². The molecule has 0 aliphatic rings. The summed E-state index contributed by atoms with van der Waals surface area (Å²) in [5, 5.41) is 0. The van der Waals surface area contributed by atoms with Crippen LogP contribution in [-0.2, 0) is 13.0 Å². The summed E-state index contributed by atoms with van der Waals surface area (Å²) < 4.78 is 19.5. The Bertz CT molecular complexity index is 601. The van der Waals surface area contributed by atoms with Crippen LogP contribution in [-0.4, -0.2) is 11.0 Å². The predicted molar refractivity (Wildman–Crippen MR) is 81.7 cm³/mol. The summed E-state index contributed by atoms with van der Waals surface area (Å²) in [5.74, 6) is -0.115. The standard InChI is InChI=1S/C17H21FN2O/c1-3-14(19)9-13-7-8-17(16(18)10-13)21-11-15-6-4-5-12(2)20-15/h4-8,10,14H,3,9,11,19H2,1-2H3. The molecular formula is C17H21FN2O. The number of halogens is 1. The van der Waals surface area contributed by atoms with Gasteiger partial charge in [0.1, 0.15) is 6.61 Å². The van der Waals surface area contributed by atoms with Crippen molar-refractivity contribution in [3.63, 3.8) is 0 Å². The number of pyridine rings is 1. The van der Waals surface area contributed by atoms with Crippen LogP contribution in [0.1, 0.15) is 30.3 Å². The Morgan fingerprint density at radius 2 is 2.10 bits per heavy atom. The van der Waals surface area contributed by atoms with Crippen LogP contribution in [0.4, 0.5) is 4.39 Å². The first-order valence-corrected chi connectivity index (χ1v) is 7.18. The van der Waals surface area contributed by atoms with Crippen molar-refractivity contribution in [2.45, 2.75) is 39.3 Å². The SMILES string of the molecule is CCC(N)Cc1ccc(OCc2cccc(C)n2)c(F)c1. The average Bonchev–Trinajstić information content (AvgIpc) is 2.46. The third kappa shape index (κ3) is 4.53. The molecule has 2 aromatic rings. The lowest BCUT2D eigenvalue weighted by Crippen LogP contribution is -2.21. The number of benzene rings is 1. The number of nitrogens with two attached hydrogens (primary N) is 1. The molecule has 1 aromatic heterocycles. The number of aromatic nitrogens is 1. The molecule has 0 amide bonds. The second kappa shape index (κ2) is 7.18. The molecule has 1 unspecified atom stereocenters. The molecule has 1 aromatic carbocycles. The highest BCUT2D eigenvalue weighted by Gasteiger charge is 2.08. The van der Waals surface area contributed by atoms with E-state index < -0.39 is 0 Å². The van der Waals surface area contributed by atoms with Crippen molar-refractivity contribution in [3.8, 4) is 5.75 Å². The maximum Gasteiger partial charge on any atom is 0.165 e. The van der Waals surface area contributed by atoms with Gasteiger partial charge in [0.15, 0.2) is 11.6 Å². The average molecular weight is 288 g/mol. The fourth-order valence-corrected chi connectivity index (χ4v) is 2.07. The highest BCUT2D eigenvalue weighted by atomic mass is 19.1. The summed E-state index contributed by atoms with van der Waals surface area (Å²) in [5.41, 5.74) is 8.47. The Labute approximate surface area is 125 Å². The fourth-order valence-electron chi connectivity index (χ4n) is 2.07. The molecule has 4 heteroatoms. The number of hydrogen-bond donors (Lipinski definition) is 1. The van der Waals surface area contributed by atoms with Crippen LogP contribution in [0, 0.1) is 12.7 Å². The third-order valence-corrected chi connectivity index (χ3v) is 3.34. The molecule has 0 radical (unpaired) electrons. The Balaban J connectivity index is 2.01. The van der Waals surface area contributed by atoms with E-state index in [-0.39, 0.29) is 24.2 Å². The van der Waals surface area contributed by atoms with Crippen molar-refractivity contribution in [1.82, 2.24) is 4.98 Å². The van der Waals surface area contributed by atoms with E-state index in [1.807, 2.05) is 38.1 Å². The van der Waals surface area contributed by atoms with E-state index in [4.69, 9.17) is 10.5 Å². The molecule has 0 saturated heterocycles. The molecule has 0 spiro atoms. The fraction of sp³-hybridized carbons (Fsp3) is 0.353. The van der Waals surface area contributed by atoms with Gasteiger partial charge in [0.25, 0.3) is 0 Å². The van der Waals surface area contributed by atoms with Crippen LogP contribution in [0.25, 0.3) is 0 Å². The largest absolute Gasteiger partial charge is 0.484 e. The van der Waals surface area contributed by atoms with Crippen molar-refractivity contribution in [1.29, 1.82) is 0 Å². The molecule has 3 nitrogen and oxygen atoms in total. The maximum absolute atomic E-state index is 14.0. The lowest BCUT2D eigenvalue weighted by atomic mass is 10.0. The summed E-state index contributed by atoms with van der Waals surface area (Å²) in [6, 6.07) is 10.8. The molecule has 112 valence electrons. The normalized spacial score (nSPS) is 12.2. The Morgan fingerprint density at radius 1 is 1.29 bits per heavy atom. The molecular weight excluding hydrogens is 267 g/mol. The summed E-state index contributed by atoms with van der Waals surface area (Å²) in [4.78, 5) is 4.32. The van der Waals surface area contributed by atoms with Gasteiger partial charge in [-0.25, -0.2) is 4.39 Å². The van der Waals surface area contributed by atoms with Gasteiger partial charge in [-0.2, -0.15) is 0 Å². The van der Waals surface area contributed by atoms with E-state index in [1.165, 1.54) is 6.07 Å². The van der Waals surface area contributed by atoms with Crippen LogP contribution in [0.15, 0.2) is 36.4 Å². The minimum atomic E-state index is -0.358. The zero-order valence-electron chi connectivity index (χ0n) is 12.5. The minimum Gasteiger partial charge on any atom is -0.484 e. The van der Waals surface area contributed by atoms with E-state index in [2.05, 4.69) is 4.98 Å². The van der Waals surface area contributed by atoms with Gasteiger partial charge in [0.2, 0.25) is 0 Å². The summed E-state index contributed by atoms with van der Waals surface area (Å²) in [6.45, 7) is 4.19. The van der Waals surface area contributed by atoms with Gasteiger partial charge in [-0.15, -0.1) is 0 Å². The molecule has 0 aliphatic heterocycles. The maximum atomic E-state index is 14.0. The highest BCUT2D eigenvalue weighted by Crippen LogP contribution is 2.20. The Morgan fingerprint density at radius 3 is 2.76 bits per heavy atom. The molecule has 21 heavy (non-hydrogen) atoms. The first kappa shape index (κ1) is 15.4. The second-order valence-corrected chi connectivity index (χ2v) is 5.20. The lowest BCUT2D eigenvalue weighted by Gasteiger charge is -2.11. The summed E-state index contributed by atoms with van der Waals surface area (Å²) in [6.07, 6.45) is 1.55. The molecule has 0 bridgehead atoms. The quantitative estimate of drug-likeness (QED) is 0.886. The van der Waals surface area contributed by atoms with Crippen LogP contribution >= 0.6 is 0 Å². The minimum absolute atomic E-state index is 0.0627. The van der Waals surface area contributed by atoms with Crippen molar-refractivity contribution in [2.75, 3.05) is 0 Å². The number of hydrogen-bond acceptors (Lipinski definition) is 3. The van der Waals surface area contributed by atoms with Crippen LogP contribution in [0.2, 0.25) is 0 Å². The zero-order valence-corrected chi connectivity index (χ0v) is 12.5. The van der Waals surface area contributed by atoms with E-state index in [0.29, 0.717) is 6.42 Å². The Kier molecular flexibility index (Phi) is 5.28. The van der Waals surface area contributed by atoms with Crippen LogP contribution < -0.4 is 10.5 Å². The van der Waals surface area contributed by atoms with E-state index in [1.54, 1.807) is 6.07 Å². The number of rotatable bonds is 6. The molecule has 2 rings (SSSR count). The van der Waals surface area contributed by atoms with E-state index >= 15 is 0 Å². The first-order valence-electron chi connectivity index (χ1n) is 7.18. The van der Waals surface area contributed by atoms with Crippen LogP contribution in [0.3, 0.4) is 0 Å². The van der Waals surface area contributed by atoms with Gasteiger partial charge in [0, 0.05) is 11.7 Å². The monoisotopic (exact) mass is 288 g/mol. The van der Waals surface area contributed by atoms with Crippen molar-refractivity contribution in [2.24, 2.45) is 5.73 Å². The van der Waals surface area contributed by atoms with Gasteiger partial charge in [-0.3, -0.25) is 4.98 Å². The van der Waals surface area contributed by atoms with Gasteiger partial charge in [0.05, 0.1) is 5.69 Å². The smallest absolute Gasteiger partial charge is 0.165 e. The topological polar surface area (TPSA) is 48.1 Å². The number of nitrogens with zero attached hydrogens (tertiary/aromatic N) is 1. The molecule has 0 fully saturated rings. The van der Waals surface area contributed by atoms with E-state index in [9.17, 15) is 4.39 Å². The molecule has 0 saturated carbocycles. The summed E-state index contributed by atoms with van der Waals surface area (Å²) in [7, 11) is 0. The third-order valence-electron chi connectivity index (χ3n) is 3.34. The van der Waals surface area contributed by atoms with Crippen molar-refractivity contribution < 1.29 is 9.13 Å². The highest BCUT2D eigenvalue weighted by molar-refractivity contribution is 5.30. The number of ether oxygens (including phenoxy) is 1. The van der Waals surface area contributed by atoms with Gasteiger partial charge in [-0.1, -0.05) is 19.1 Å². The predicted octanol–water partition coefficient (Wildman–Crippen LogP) is 3.39. The Hall–Kier alpha value is -1.94. The van der Waals surface area contributed by atoms with Gasteiger partial charge in [-0.05, 0) is 49.6 Å². The number of aryl methyl sites for hydroxylation is 1. The van der Waals surface area contributed by atoms with Crippen LogP contribution in [0.5, 0.6) is 5.75 Å². The van der Waals surface area contributed by atoms with Crippen molar-refractivity contribution >= 4 is 0 Å². The first-order chi connectivity index (χ1) is 10.1. The molecule has 1 atom stereocenters.